The minimum atomic E-state index is -1.23. The van der Waals surface area contributed by atoms with Crippen LogP contribution in [0.25, 0.3) is 0 Å². The number of benzene rings is 1. The van der Waals surface area contributed by atoms with Crippen molar-refractivity contribution in [3.63, 3.8) is 0 Å². The Morgan fingerprint density at radius 2 is 1.67 bits per heavy atom. The monoisotopic (exact) mass is 206 g/mol. The van der Waals surface area contributed by atoms with Crippen LogP contribution in [0.15, 0.2) is 24.3 Å². The lowest BCUT2D eigenvalue weighted by Crippen LogP contribution is -2.32. The molecule has 0 aliphatic heterocycles. The van der Waals surface area contributed by atoms with Gasteiger partial charge in [-0.1, -0.05) is 31.2 Å². The first-order valence-electron chi connectivity index (χ1n) is 5.27. The first kappa shape index (κ1) is 11.9. The second-order valence-electron chi connectivity index (χ2n) is 4.33. The summed E-state index contributed by atoms with van der Waals surface area (Å²) in [5.74, 6) is -0.147. The number of Topliss-reactive ketones (excluding diaryl/α,β-unsaturated/α-hetero) is 1. The summed E-state index contributed by atoms with van der Waals surface area (Å²) in [6.45, 7) is 5.14. The Morgan fingerprint density at radius 1 is 1.20 bits per heavy atom. The number of hydrogen-bond acceptors (Lipinski definition) is 2. The Hall–Kier alpha value is -1.15. The predicted molar refractivity (Wildman–Crippen MR) is 60.8 cm³/mol. The average Bonchev–Trinajstić information content (AvgIpc) is 2.17. The molecule has 0 atom stereocenters. The summed E-state index contributed by atoms with van der Waals surface area (Å²) in [7, 11) is 0. The maximum atomic E-state index is 11.5. The normalized spacial score (nSPS) is 11.5. The molecule has 0 aliphatic carbocycles. The molecule has 0 aliphatic rings. The molecule has 1 N–H and O–H groups in total. The largest absolute Gasteiger partial charge is 0.383 e. The Balaban J connectivity index is 2.70. The number of ketones is 1. The van der Waals surface area contributed by atoms with E-state index in [-0.39, 0.29) is 5.78 Å². The van der Waals surface area contributed by atoms with E-state index in [1.54, 1.807) is 0 Å². The summed E-state index contributed by atoms with van der Waals surface area (Å²) in [5.41, 5.74) is 0.984. The highest BCUT2D eigenvalue weighted by molar-refractivity contribution is 5.88. The maximum Gasteiger partial charge on any atom is 0.168 e. The van der Waals surface area contributed by atoms with E-state index in [1.807, 2.05) is 24.3 Å². The first-order valence-corrected chi connectivity index (χ1v) is 5.27. The molecule has 0 fully saturated rings. The molecule has 0 amide bonds. The van der Waals surface area contributed by atoms with Crippen molar-refractivity contribution >= 4 is 5.78 Å². The van der Waals surface area contributed by atoms with Gasteiger partial charge >= 0.3 is 0 Å². The van der Waals surface area contributed by atoms with E-state index >= 15 is 0 Å². The van der Waals surface area contributed by atoms with Crippen molar-refractivity contribution in [2.75, 3.05) is 0 Å². The van der Waals surface area contributed by atoms with Crippen LogP contribution in [0.3, 0.4) is 0 Å². The molecule has 0 saturated carbocycles. The average molecular weight is 206 g/mol. The van der Waals surface area contributed by atoms with Crippen molar-refractivity contribution in [1.29, 1.82) is 0 Å². The number of aryl methyl sites for hydroxylation is 1. The molecule has 0 aromatic heterocycles. The van der Waals surface area contributed by atoms with Gasteiger partial charge in [0.25, 0.3) is 0 Å². The van der Waals surface area contributed by atoms with Crippen molar-refractivity contribution in [2.24, 2.45) is 0 Å². The van der Waals surface area contributed by atoms with Crippen LogP contribution >= 0.6 is 0 Å². The molecular formula is C13H18O2. The van der Waals surface area contributed by atoms with Gasteiger partial charge in [-0.2, -0.15) is 0 Å². The lowest BCUT2D eigenvalue weighted by molar-refractivity contribution is -0.133. The van der Waals surface area contributed by atoms with Gasteiger partial charge in [0.15, 0.2) is 5.78 Å². The van der Waals surface area contributed by atoms with Crippen LogP contribution in [-0.2, 0) is 17.6 Å². The van der Waals surface area contributed by atoms with Gasteiger partial charge in [-0.15, -0.1) is 0 Å². The molecule has 0 heterocycles. The number of aliphatic hydroxyl groups is 1. The zero-order valence-electron chi connectivity index (χ0n) is 9.58. The summed E-state index contributed by atoms with van der Waals surface area (Å²) in [6.07, 6.45) is 1.30. The topological polar surface area (TPSA) is 37.3 Å². The summed E-state index contributed by atoms with van der Waals surface area (Å²) < 4.78 is 0. The Kier molecular flexibility index (Phi) is 3.64. The van der Waals surface area contributed by atoms with Crippen molar-refractivity contribution in [1.82, 2.24) is 0 Å². The number of hydrogen-bond donors (Lipinski definition) is 1. The van der Waals surface area contributed by atoms with Crippen molar-refractivity contribution in [3.8, 4) is 0 Å². The van der Waals surface area contributed by atoms with Gasteiger partial charge in [-0.3, -0.25) is 4.79 Å². The van der Waals surface area contributed by atoms with Gasteiger partial charge in [-0.25, -0.2) is 0 Å². The van der Waals surface area contributed by atoms with Crippen LogP contribution in [0.2, 0.25) is 0 Å². The van der Waals surface area contributed by atoms with Crippen LogP contribution < -0.4 is 0 Å². The van der Waals surface area contributed by atoms with E-state index in [9.17, 15) is 9.90 Å². The molecule has 0 unspecified atom stereocenters. The second-order valence-corrected chi connectivity index (χ2v) is 4.33. The van der Waals surface area contributed by atoms with Crippen LogP contribution in [0.4, 0.5) is 0 Å². The molecule has 15 heavy (non-hydrogen) atoms. The lowest BCUT2D eigenvalue weighted by Gasteiger charge is -2.15. The Morgan fingerprint density at radius 3 is 2.07 bits per heavy atom. The van der Waals surface area contributed by atoms with Gasteiger partial charge in [-0.05, 0) is 31.4 Å². The first-order chi connectivity index (χ1) is 6.93. The molecule has 0 bridgehead atoms. The molecule has 82 valence electrons. The van der Waals surface area contributed by atoms with Gasteiger partial charge in [0.2, 0.25) is 0 Å². The van der Waals surface area contributed by atoms with Gasteiger partial charge in [0.1, 0.15) is 5.60 Å². The highest BCUT2D eigenvalue weighted by atomic mass is 16.3. The molecule has 1 aromatic rings. The highest BCUT2D eigenvalue weighted by Crippen LogP contribution is 2.11. The molecule has 1 aromatic carbocycles. The van der Waals surface area contributed by atoms with E-state index in [4.69, 9.17) is 0 Å². The van der Waals surface area contributed by atoms with E-state index in [0.717, 1.165) is 12.0 Å². The summed E-state index contributed by atoms with van der Waals surface area (Å²) in [6, 6.07) is 7.94. The van der Waals surface area contributed by atoms with E-state index in [0.29, 0.717) is 6.42 Å². The SMILES string of the molecule is CCc1ccc(CC(=O)C(C)(C)O)cc1. The molecule has 0 saturated heterocycles. The van der Waals surface area contributed by atoms with Crippen LogP contribution in [0, 0.1) is 0 Å². The highest BCUT2D eigenvalue weighted by Gasteiger charge is 2.23. The Labute approximate surface area is 90.9 Å². The van der Waals surface area contributed by atoms with Crippen LogP contribution in [0.5, 0.6) is 0 Å². The summed E-state index contributed by atoms with van der Waals surface area (Å²) in [4.78, 5) is 11.5. The molecule has 2 nitrogen and oxygen atoms in total. The fourth-order valence-corrected chi connectivity index (χ4v) is 1.29. The molecule has 2 heteroatoms. The van der Waals surface area contributed by atoms with E-state index in [2.05, 4.69) is 6.92 Å². The third-order valence-electron chi connectivity index (χ3n) is 2.48. The molecule has 0 spiro atoms. The fourth-order valence-electron chi connectivity index (χ4n) is 1.29. The standard InChI is InChI=1S/C13H18O2/c1-4-10-5-7-11(8-6-10)9-12(14)13(2,3)15/h5-8,15H,4,9H2,1-3H3. The van der Waals surface area contributed by atoms with Gasteiger partial charge in [0.05, 0.1) is 0 Å². The number of rotatable bonds is 4. The number of carbonyl (C=O) groups is 1. The van der Waals surface area contributed by atoms with Crippen molar-refractivity contribution in [3.05, 3.63) is 35.4 Å². The summed E-state index contributed by atoms with van der Waals surface area (Å²) in [5, 5.41) is 9.50. The second kappa shape index (κ2) is 4.58. The van der Waals surface area contributed by atoms with Crippen molar-refractivity contribution in [2.45, 2.75) is 39.2 Å². The van der Waals surface area contributed by atoms with Crippen LogP contribution in [0.1, 0.15) is 31.9 Å². The molecule has 1 rings (SSSR count). The fraction of sp³-hybridized carbons (Fsp3) is 0.462. The van der Waals surface area contributed by atoms with Gasteiger partial charge < -0.3 is 5.11 Å². The van der Waals surface area contributed by atoms with E-state index < -0.39 is 5.60 Å². The minimum Gasteiger partial charge on any atom is -0.383 e. The molecule has 0 radical (unpaired) electrons. The summed E-state index contributed by atoms with van der Waals surface area (Å²) >= 11 is 0. The predicted octanol–water partition coefficient (Wildman–Crippen LogP) is 2.13. The lowest BCUT2D eigenvalue weighted by atomic mass is 9.96. The molecular weight excluding hydrogens is 188 g/mol. The quantitative estimate of drug-likeness (QED) is 0.819. The third kappa shape index (κ3) is 3.48. The Bertz CT molecular complexity index is 331. The zero-order valence-corrected chi connectivity index (χ0v) is 9.58. The van der Waals surface area contributed by atoms with Gasteiger partial charge in [0, 0.05) is 6.42 Å². The van der Waals surface area contributed by atoms with Crippen molar-refractivity contribution < 1.29 is 9.90 Å². The third-order valence-corrected chi connectivity index (χ3v) is 2.48. The maximum absolute atomic E-state index is 11.5. The minimum absolute atomic E-state index is 0.147. The number of carbonyl (C=O) groups excluding carboxylic acids is 1. The smallest absolute Gasteiger partial charge is 0.168 e. The van der Waals surface area contributed by atoms with Crippen LogP contribution in [-0.4, -0.2) is 16.5 Å². The van der Waals surface area contributed by atoms with E-state index in [1.165, 1.54) is 19.4 Å². The zero-order chi connectivity index (χ0) is 11.5.